The Labute approximate surface area is 176 Å². The van der Waals surface area contributed by atoms with Gasteiger partial charge in [-0.1, -0.05) is 42.5 Å². The number of H-pyrrole nitrogens is 1. The van der Waals surface area contributed by atoms with Crippen molar-refractivity contribution in [2.75, 3.05) is 0 Å². The number of nitrogens with zero attached hydrogens (tertiary/aromatic N) is 2. The summed E-state index contributed by atoms with van der Waals surface area (Å²) in [5.74, 6) is 0.360. The van der Waals surface area contributed by atoms with Crippen LogP contribution in [0.1, 0.15) is 0 Å². The van der Waals surface area contributed by atoms with Crippen LogP contribution in [0, 0.1) is 5.82 Å². The van der Waals surface area contributed by atoms with Crippen molar-refractivity contribution in [3.63, 3.8) is 0 Å². The van der Waals surface area contributed by atoms with Crippen LogP contribution in [0.25, 0.3) is 44.2 Å². The minimum atomic E-state index is -0.307. The van der Waals surface area contributed by atoms with E-state index in [0.29, 0.717) is 17.1 Å². The lowest BCUT2D eigenvalue weighted by atomic mass is 10.0. The molecule has 0 spiro atoms. The van der Waals surface area contributed by atoms with E-state index in [0.717, 1.165) is 38.3 Å². The first kappa shape index (κ1) is 17.6. The molecule has 0 unspecified atom stereocenters. The van der Waals surface area contributed by atoms with Crippen LogP contribution in [0.4, 0.5) is 10.1 Å². The Hall–Kier alpha value is -4.25. The van der Waals surface area contributed by atoms with E-state index in [9.17, 15) is 4.39 Å². The number of hydrogen-bond donors (Lipinski definition) is 1. The topological polar surface area (TPSA) is 54.2 Å². The average molecular weight is 405 g/mol. The monoisotopic (exact) mass is 405 g/mol. The fraction of sp³-hybridized carbons (Fsp3) is 0. The van der Waals surface area contributed by atoms with Crippen molar-refractivity contribution in [3.8, 4) is 11.4 Å². The summed E-state index contributed by atoms with van der Waals surface area (Å²) in [5, 5.41) is 3.20. The number of rotatable bonds is 2. The minimum Gasteiger partial charge on any atom is -0.438 e. The van der Waals surface area contributed by atoms with E-state index >= 15 is 0 Å². The third-order valence-corrected chi connectivity index (χ3v) is 5.36. The Kier molecular flexibility index (Phi) is 3.93. The molecule has 148 valence electrons. The van der Waals surface area contributed by atoms with Gasteiger partial charge in [0, 0.05) is 5.39 Å². The van der Waals surface area contributed by atoms with Gasteiger partial charge in [-0.15, -0.1) is 0 Å². The fourth-order valence-electron chi connectivity index (χ4n) is 3.84. The number of aromatic amines is 1. The molecule has 31 heavy (non-hydrogen) atoms. The lowest BCUT2D eigenvalue weighted by Crippen LogP contribution is -2.06. The molecule has 4 aromatic carbocycles. The van der Waals surface area contributed by atoms with Crippen LogP contribution in [0.2, 0.25) is 0 Å². The van der Waals surface area contributed by atoms with Crippen molar-refractivity contribution in [1.82, 2.24) is 9.97 Å². The van der Waals surface area contributed by atoms with Crippen molar-refractivity contribution in [2.45, 2.75) is 0 Å². The Morgan fingerprint density at radius 2 is 1.61 bits per heavy atom. The molecule has 0 amide bonds. The molecular weight excluding hydrogens is 389 g/mol. The van der Waals surface area contributed by atoms with Gasteiger partial charge in [-0.2, -0.15) is 0 Å². The van der Waals surface area contributed by atoms with Crippen LogP contribution in [0.5, 0.6) is 0 Å². The Balaban J connectivity index is 1.69. The maximum Gasteiger partial charge on any atom is 0.230 e. The van der Waals surface area contributed by atoms with Gasteiger partial charge in [0.05, 0.1) is 22.3 Å². The van der Waals surface area contributed by atoms with Crippen molar-refractivity contribution in [2.24, 2.45) is 4.99 Å². The van der Waals surface area contributed by atoms with Crippen LogP contribution >= 0.6 is 0 Å². The average Bonchev–Trinajstić information content (AvgIpc) is 3.24. The molecule has 0 aliphatic rings. The van der Waals surface area contributed by atoms with Gasteiger partial charge < -0.3 is 9.40 Å². The highest BCUT2D eigenvalue weighted by Gasteiger charge is 2.13. The van der Waals surface area contributed by atoms with Gasteiger partial charge in [-0.05, 0) is 59.3 Å². The van der Waals surface area contributed by atoms with Crippen LogP contribution in [-0.4, -0.2) is 9.97 Å². The number of hydrogen-bond acceptors (Lipinski definition) is 3. The lowest BCUT2D eigenvalue weighted by Gasteiger charge is -2.06. The van der Waals surface area contributed by atoms with E-state index in [-0.39, 0.29) is 5.82 Å². The van der Waals surface area contributed by atoms with Crippen LogP contribution in [0.3, 0.4) is 0 Å². The molecule has 6 aromatic rings. The van der Waals surface area contributed by atoms with Crippen LogP contribution in [0.15, 0.2) is 100 Å². The third kappa shape index (κ3) is 3.07. The van der Waals surface area contributed by atoms with Gasteiger partial charge in [0.15, 0.2) is 0 Å². The zero-order valence-electron chi connectivity index (χ0n) is 16.3. The minimum absolute atomic E-state index is 0.307. The summed E-state index contributed by atoms with van der Waals surface area (Å²) in [5.41, 5.74) is 4.27. The van der Waals surface area contributed by atoms with Gasteiger partial charge in [0.25, 0.3) is 0 Å². The molecule has 0 fully saturated rings. The standard InChI is InChI=1S/C26H16FN3O/c27-17-10-12-18(13-11-17)28-26-21(25-29-22-7-3-4-8-23(22)30-25)15-20-19-6-2-1-5-16(19)9-14-24(20)31-26/h1-15H,(H,29,30). The van der Waals surface area contributed by atoms with E-state index in [1.165, 1.54) is 12.1 Å². The zero-order valence-corrected chi connectivity index (χ0v) is 16.3. The summed E-state index contributed by atoms with van der Waals surface area (Å²) in [4.78, 5) is 12.8. The molecule has 0 aliphatic carbocycles. The molecule has 2 heterocycles. The summed E-state index contributed by atoms with van der Waals surface area (Å²) >= 11 is 0. The van der Waals surface area contributed by atoms with E-state index in [1.807, 2.05) is 48.5 Å². The summed E-state index contributed by atoms with van der Waals surface area (Å²) in [6, 6.07) is 28.1. The molecule has 0 atom stereocenters. The SMILES string of the molecule is Fc1ccc(N=c2oc3ccc4ccccc4c3cc2-c2nc3ccccc3[nH]2)cc1. The normalized spacial score (nSPS) is 12.2. The molecule has 0 saturated carbocycles. The third-order valence-electron chi connectivity index (χ3n) is 5.36. The second-order valence-corrected chi connectivity index (χ2v) is 7.35. The second-order valence-electron chi connectivity index (χ2n) is 7.35. The van der Waals surface area contributed by atoms with E-state index in [2.05, 4.69) is 28.2 Å². The van der Waals surface area contributed by atoms with E-state index in [1.54, 1.807) is 12.1 Å². The molecule has 0 aliphatic heterocycles. The zero-order chi connectivity index (χ0) is 20.8. The molecule has 2 aromatic heterocycles. The molecule has 0 bridgehead atoms. The van der Waals surface area contributed by atoms with E-state index < -0.39 is 0 Å². The number of benzene rings is 4. The summed E-state index contributed by atoms with van der Waals surface area (Å²) in [6.07, 6.45) is 0. The molecule has 5 heteroatoms. The first-order valence-corrected chi connectivity index (χ1v) is 9.96. The maximum atomic E-state index is 13.4. The molecular formula is C26H16FN3O. The first-order valence-electron chi connectivity index (χ1n) is 9.96. The van der Waals surface area contributed by atoms with Crippen molar-refractivity contribution < 1.29 is 8.81 Å². The Bertz CT molecular complexity index is 1610. The lowest BCUT2D eigenvalue weighted by molar-refractivity contribution is 0.547. The summed E-state index contributed by atoms with van der Waals surface area (Å²) in [6.45, 7) is 0. The number of para-hydroxylation sites is 2. The number of imidazole rings is 1. The van der Waals surface area contributed by atoms with Gasteiger partial charge in [-0.3, -0.25) is 0 Å². The fourth-order valence-corrected chi connectivity index (χ4v) is 3.84. The molecule has 1 N–H and O–H groups in total. The van der Waals surface area contributed by atoms with Gasteiger partial charge >= 0.3 is 0 Å². The maximum absolute atomic E-state index is 13.4. The van der Waals surface area contributed by atoms with Crippen molar-refractivity contribution >= 4 is 38.5 Å². The predicted octanol–water partition coefficient (Wildman–Crippen LogP) is 6.50. The summed E-state index contributed by atoms with van der Waals surface area (Å²) < 4.78 is 19.6. The number of nitrogens with one attached hydrogen (secondary N) is 1. The first-order chi connectivity index (χ1) is 15.2. The molecule has 0 radical (unpaired) electrons. The van der Waals surface area contributed by atoms with Gasteiger partial charge in [0.2, 0.25) is 5.55 Å². The number of aromatic nitrogens is 2. The van der Waals surface area contributed by atoms with Crippen molar-refractivity contribution in [3.05, 3.63) is 102 Å². The number of halogens is 1. The molecule has 4 nitrogen and oxygen atoms in total. The molecule has 6 rings (SSSR count). The highest BCUT2D eigenvalue weighted by molar-refractivity contribution is 6.06. The molecule has 0 saturated heterocycles. The summed E-state index contributed by atoms with van der Waals surface area (Å²) in [7, 11) is 0. The smallest absolute Gasteiger partial charge is 0.230 e. The van der Waals surface area contributed by atoms with Crippen molar-refractivity contribution in [1.29, 1.82) is 0 Å². The predicted molar refractivity (Wildman–Crippen MR) is 120 cm³/mol. The van der Waals surface area contributed by atoms with Gasteiger partial charge in [0.1, 0.15) is 17.2 Å². The Morgan fingerprint density at radius 1 is 0.806 bits per heavy atom. The largest absolute Gasteiger partial charge is 0.438 e. The van der Waals surface area contributed by atoms with Gasteiger partial charge in [-0.25, -0.2) is 14.4 Å². The highest BCUT2D eigenvalue weighted by Crippen LogP contribution is 2.28. The highest BCUT2D eigenvalue weighted by atomic mass is 19.1. The van der Waals surface area contributed by atoms with E-state index in [4.69, 9.17) is 9.40 Å². The quantitative estimate of drug-likeness (QED) is 0.334. The second kappa shape index (κ2) is 6.92. The van der Waals surface area contributed by atoms with Crippen LogP contribution in [-0.2, 0) is 0 Å². The Morgan fingerprint density at radius 3 is 2.48 bits per heavy atom. The van der Waals surface area contributed by atoms with Crippen LogP contribution < -0.4 is 5.55 Å². The number of fused-ring (bicyclic) bond motifs is 4.